The predicted molar refractivity (Wildman–Crippen MR) is 99.6 cm³/mol. The monoisotopic (exact) mass is 352 g/mol. The molecule has 0 amide bonds. The van der Waals surface area contributed by atoms with Crippen molar-refractivity contribution in [1.82, 2.24) is 19.8 Å². The van der Waals surface area contributed by atoms with E-state index >= 15 is 0 Å². The summed E-state index contributed by atoms with van der Waals surface area (Å²) >= 11 is 3.32. The Kier molecular flexibility index (Phi) is 4.08. The van der Waals surface area contributed by atoms with Crippen molar-refractivity contribution in [3.05, 3.63) is 65.5 Å². The molecular weight excluding hydrogens is 336 g/mol. The number of rotatable bonds is 4. The summed E-state index contributed by atoms with van der Waals surface area (Å²) in [5.74, 6) is 1.63. The molecule has 0 fully saturated rings. The van der Waals surface area contributed by atoms with Crippen LogP contribution in [0.2, 0.25) is 0 Å². The van der Waals surface area contributed by atoms with E-state index < -0.39 is 0 Å². The lowest BCUT2D eigenvalue weighted by atomic mass is 10.1. The van der Waals surface area contributed by atoms with Crippen LogP contribution in [0.3, 0.4) is 0 Å². The first-order valence-electron chi connectivity index (χ1n) is 7.67. The molecular formula is C18H16N4S2. The second kappa shape index (κ2) is 6.37. The van der Waals surface area contributed by atoms with Crippen LogP contribution in [0.25, 0.3) is 15.5 Å². The lowest BCUT2D eigenvalue weighted by Crippen LogP contribution is -1.94. The van der Waals surface area contributed by atoms with Crippen molar-refractivity contribution in [1.29, 1.82) is 0 Å². The molecule has 0 bridgehead atoms. The van der Waals surface area contributed by atoms with Crippen molar-refractivity contribution in [2.24, 2.45) is 0 Å². The van der Waals surface area contributed by atoms with Gasteiger partial charge in [0.2, 0.25) is 4.96 Å². The second-order valence-electron chi connectivity index (χ2n) is 5.62. The van der Waals surface area contributed by atoms with E-state index in [0.717, 1.165) is 27.1 Å². The molecule has 0 saturated carbocycles. The molecule has 0 spiro atoms. The van der Waals surface area contributed by atoms with Crippen LogP contribution in [-0.4, -0.2) is 19.8 Å². The van der Waals surface area contributed by atoms with E-state index in [-0.39, 0.29) is 0 Å². The van der Waals surface area contributed by atoms with Gasteiger partial charge in [-0.3, -0.25) is 0 Å². The van der Waals surface area contributed by atoms with Gasteiger partial charge in [-0.05, 0) is 43.2 Å². The van der Waals surface area contributed by atoms with Gasteiger partial charge in [0.25, 0.3) is 0 Å². The smallest absolute Gasteiger partial charge is 0.186 e. The minimum atomic E-state index is 0.751. The topological polar surface area (TPSA) is 43.1 Å². The molecule has 4 rings (SSSR count). The van der Waals surface area contributed by atoms with Crippen molar-refractivity contribution in [2.75, 3.05) is 0 Å². The SMILES string of the molecule is Cc1ccc(-c2nn3c(CSc4ccccc4)nnc3s2)cc1C. The molecule has 2 aromatic carbocycles. The Morgan fingerprint density at radius 1 is 1.00 bits per heavy atom. The van der Waals surface area contributed by atoms with E-state index in [2.05, 4.69) is 54.4 Å². The van der Waals surface area contributed by atoms with Gasteiger partial charge >= 0.3 is 0 Å². The van der Waals surface area contributed by atoms with E-state index in [9.17, 15) is 0 Å². The molecule has 0 atom stereocenters. The van der Waals surface area contributed by atoms with E-state index in [1.165, 1.54) is 16.0 Å². The fourth-order valence-corrected chi connectivity index (χ4v) is 4.08. The maximum Gasteiger partial charge on any atom is 0.235 e. The molecule has 120 valence electrons. The van der Waals surface area contributed by atoms with E-state index in [4.69, 9.17) is 5.10 Å². The minimum absolute atomic E-state index is 0.751. The number of fused-ring (bicyclic) bond motifs is 1. The van der Waals surface area contributed by atoms with Crippen molar-refractivity contribution in [3.8, 4) is 10.6 Å². The van der Waals surface area contributed by atoms with Crippen LogP contribution in [0.15, 0.2) is 53.4 Å². The van der Waals surface area contributed by atoms with Gasteiger partial charge in [-0.25, -0.2) is 0 Å². The Morgan fingerprint density at radius 3 is 2.62 bits per heavy atom. The quantitative estimate of drug-likeness (QED) is 0.497. The van der Waals surface area contributed by atoms with Gasteiger partial charge < -0.3 is 0 Å². The number of aryl methyl sites for hydroxylation is 2. The average Bonchev–Trinajstić information content (AvgIpc) is 3.17. The molecule has 0 N–H and O–H groups in total. The van der Waals surface area contributed by atoms with E-state index in [1.54, 1.807) is 23.1 Å². The van der Waals surface area contributed by atoms with Crippen molar-refractivity contribution in [3.63, 3.8) is 0 Å². The van der Waals surface area contributed by atoms with Gasteiger partial charge in [0.15, 0.2) is 5.82 Å². The Labute approximate surface area is 148 Å². The van der Waals surface area contributed by atoms with Gasteiger partial charge in [-0.1, -0.05) is 41.7 Å². The van der Waals surface area contributed by atoms with Crippen LogP contribution in [0.4, 0.5) is 0 Å². The molecule has 2 heterocycles. The highest BCUT2D eigenvalue weighted by molar-refractivity contribution is 7.98. The minimum Gasteiger partial charge on any atom is -0.186 e. The van der Waals surface area contributed by atoms with Crippen molar-refractivity contribution >= 4 is 28.1 Å². The average molecular weight is 352 g/mol. The molecule has 24 heavy (non-hydrogen) atoms. The third-order valence-corrected chi connectivity index (χ3v) is 5.88. The molecule has 0 aliphatic heterocycles. The molecule has 4 nitrogen and oxygen atoms in total. The van der Waals surface area contributed by atoms with Gasteiger partial charge in [0.05, 0.1) is 5.75 Å². The largest absolute Gasteiger partial charge is 0.235 e. The third kappa shape index (κ3) is 2.95. The van der Waals surface area contributed by atoms with Crippen LogP contribution in [-0.2, 0) is 5.75 Å². The number of hydrogen-bond acceptors (Lipinski definition) is 5. The maximum absolute atomic E-state index is 4.72. The fourth-order valence-electron chi connectivity index (χ4n) is 2.40. The van der Waals surface area contributed by atoms with Crippen molar-refractivity contribution in [2.45, 2.75) is 24.5 Å². The van der Waals surface area contributed by atoms with Gasteiger partial charge in [-0.15, -0.1) is 22.0 Å². The summed E-state index contributed by atoms with van der Waals surface area (Å²) < 4.78 is 1.87. The van der Waals surface area contributed by atoms with Crippen LogP contribution < -0.4 is 0 Å². The summed E-state index contributed by atoms with van der Waals surface area (Å²) in [6, 6.07) is 16.8. The summed E-state index contributed by atoms with van der Waals surface area (Å²) in [6.07, 6.45) is 0. The second-order valence-corrected chi connectivity index (χ2v) is 7.62. The number of thioether (sulfide) groups is 1. The summed E-state index contributed by atoms with van der Waals surface area (Å²) in [5.41, 5.74) is 3.70. The highest BCUT2D eigenvalue weighted by Gasteiger charge is 2.13. The van der Waals surface area contributed by atoms with Crippen molar-refractivity contribution < 1.29 is 0 Å². The normalized spacial score (nSPS) is 11.2. The summed E-state index contributed by atoms with van der Waals surface area (Å²) in [6.45, 7) is 4.25. The van der Waals surface area contributed by atoms with Crippen LogP contribution in [0, 0.1) is 13.8 Å². The number of benzene rings is 2. The van der Waals surface area contributed by atoms with Crippen LogP contribution >= 0.6 is 23.1 Å². The first-order valence-corrected chi connectivity index (χ1v) is 9.47. The Morgan fingerprint density at radius 2 is 1.83 bits per heavy atom. The Bertz CT molecular complexity index is 989. The summed E-state index contributed by atoms with van der Waals surface area (Å²) in [4.78, 5) is 2.06. The molecule has 2 aromatic heterocycles. The van der Waals surface area contributed by atoms with Gasteiger partial charge in [0.1, 0.15) is 5.01 Å². The lowest BCUT2D eigenvalue weighted by Gasteiger charge is -2.01. The van der Waals surface area contributed by atoms with Gasteiger partial charge in [-0.2, -0.15) is 9.61 Å². The molecule has 0 aliphatic carbocycles. The third-order valence-electron chi connectivity index (χ3n) is 3.92. The molecule has 6 heteroatoms. The lowest BCUT2D eigenvalue weighted by molar-refractivity contribution is 0.887. The molecule has 0 aliphatic rings. The van der Waals surface area contributed by atoms with E-state index in [1.807, 2.05) is 22.7 Å². The zero-order chi connectivity index (χ0) is 16.5. The summed E-state index contributed by atoms with van der Waals surface area (Å²) in [7, 11) is 0. The number of aromatic nitrogens is 4. The predicted octanol–water partition coefficient (Wildman–Crippen LogP) is 4.76. The Hall–Kier alpha value is -2.18. The molecule has 4 aromatic rings. The van der Waals surface area contributed by atoms with Gasteiger partial charge in [0, 0.05) is 10.5 Å². The molecule has 0 radical (unpaired) electrons. The zero-order valence-corrected chi connectivity index (χ0v) is 15.1. The van der Waals surface area contributed by atoms with Crippen LogP contribution in [0.5, 0.6) is 0 Å². The van der Waals surface area contributed by atoms with E-state index in [0.29, 0.717) is 0 Å². The molecule has 0 saturated heterocycles. The standard InChI is InChI=1S/C18H16N4S2/c1-12-8-9-14(10-13(12)2)17-21-22-16(19-20-18(22)24-17)11-23-15-6-4-3-5-7-15/h3-10H,11H2,1-2H3. The highest BCUT2D eigenvalue weighted by Crippen LogP contribution is 2.28. The number of hydrogen-bond donors (Lipinski definition) is 0. The van der Waals surface area contributed by atoms with Crippen LogP contribution in [0.1, 0.15) is 17.0 Å². The summed E-state index contributed by atoms with van der Waals surface area (Å²) in [5, 5.41) is 14.3. The zero-order valence-electron chi connectivity index (χ0n) is 13.4. The molecule has 0 unspecified atom stereocenters. The first-order chi connectivity index (χ1) is 11.7. The highest BCUT2D eigenvalue weighted by atomic mass is 32.2. The maximum atomic E-state index is 4.72. The fraction of sp³-hybridized carbons (Fsp3) is 0.167. The Balaban J connectivity index is 1.62. The number of nitrogens with zero attached hydrogens (tertiary/aromatic N) is 4. The first kappa shape index (κ1) is 15.4.